The molecule has 1 N–H and O–H groups in total. The molecule has 3 amide bonds. The van der Waals surface area contributed by atoms with Gasteiger partial charge in [0, 0.05) is 12.6 Å². The molecule has 19 heavy (non-hydrogen) atoms. The third-order valence-electron chi connectivity index (χ3n) is 2.42. The number of carbonyl (C=O) groups excluding carboxylic acids is 3. The van der Waals surface area contributed by atoms with Gasteiger partial charge in [0.1, 0.15) is 10.1 Å². The van der Waals surface area contributed by atoms with Crippen LogP contribution in [0.5, 0.6) is 0 Å². The average Bonchev–Trinajstić information content (AvgIpc) is 2.55. The van der Waals surface area contributed by atoms with Gasteiger partial charge in [0.25, 0.3) is 11.8 Å². The minimum Gasteiger partial charge on any atom is -0.326 e. The molecule has 0 atom stereocenters. The first-order valence-corrected chi connectivity index (χ1v) is 5.99. The Bertz CT molecular complexity index is 584. The van der Waals surface area contributed by atoms with Gasteiger partial charge in [0.05, 0.1) is 5.69 Å². The first kappa shape index (κ1) is 13.6. The third-order valence-corrected chi connectivity index (χ3v) is 3.22. The van der Waals surface area contributed by atoms with Crippen LogP contribution in [0.2, 0.25) is 0 Å². The molecule has 2 rings (SSSR count). The van der Waals surface area contributed by atoms with E-state index >= 15 is 0 Å². The molecular formula is C12H8Cl2N2O3. The summed E-state index contributed by atoms with van der Waals surface area (Å²) in [5.74, 6) is -1.54. The van der Waals surface area contributed by atoms with Gasteiger partial charge in [-0.25, -0.2) is 4.90 Å². The van der Waals surface area contributed by atoms with Crippen molar-refractivity contribution in [2.24, 2.45) is 0 Å². The molecule has 1 aromatic rings. The summed E-state index contributed by atoms with van der Waals surface area (Å²) in [4.78, 5) is 35.3. The Hall–Kier alpha value is -1.85. The molecular weight excluding hydrogens is 291 g/mol. The molecule has 0 saturated heterocycles. The number of anilines is 2. The minimum atomic E-state index is -0.663. The van der Waals surface area contributed by atoms with Gasteiger partial charge in [-0.15, -0.1) is 0 Å². The first-order valence-electron chi connectivity index (χ1n) is 5.23. The maximum absolute atomic E-state index is 11.8. The quantitative estimate of drug-likeness (QED) is 0.851. The molecule has 98 valence electrons. The highest BCUT2D eigenvalue weighted by Crippen LogP contribution is 2.31. The summed E-state index contributed by atoms with van der Waals surface area (Å²) in [6.07, 6.45) is 0. The molecule has 1 heterocycles. The fourth-order valence-electron chi connectivity index (χ4n) is 1.61. The summed E-state index contributed by atoms with van der Waals surface area (Å²) in [6.45, 7) is 1.38. The molecule has 0 unspecified atom stereocenters. The predicted molar refractivity (Wildman–Crippen MR) is 72.0 cm³/mol. The Balaban J connectivity index is 2.27. The van der Waals surface area contributed by atoms with E-state index in [1.54, 1.807) is 12.1 Å². The van der Waals surface area contributed by atoms with Crippen molar-refractivity contribution in [2.45, 2.75) is 6.92 Å². The number of carbonyl (C=O) groups is 3. The molecule has 0 bridgehead atoms. The van der Waals surface area contributed by atoms with E-state index in [1.165, 1.54) is 19.1 Å². The Kier molecular flexibility index (Phi) is 3.59. The van der Waals surface area contributed by atoms with Crippen molar-refractivity contribution < 1.29 is 14.4 Å². The summed E-state index contributed by atoms with van der Waals surface area (Å²) >= 11 is 11.3. The van der Waals surface area contributed by atoms with E-state index in [4.69, 9.17) is 23.2 Å². The molecule has 5 nitrogen and oxygen atoms in total. The number of imide groups is 1. The fraction of sp³-hybridized carbons (Fsp3) is 0.0833. The smallest absolute Gasteiger partial charge is 0.278 e. The zero-order valence-corrected chi connectivity index (χ0v) is 11.2. The zero-order chi connectivity index (χ0) is 14.2. The Morgan fingerprint density at radius 1 is 1.05 bits per heavy atom. The van der Waals surface area contributed by atoms with Gasteiger partial charge in [-0.3, -0.25) is 14.4 Å². The number of nitrogens with zero attached hydrogens (tertiary/aromatic N) is 1. The Morgan fingerprint density at radius 2 is 1.53 bits per heavy atom. The number of amides is 3. The van der Waals surface area contributed by atoms with Crippen molar-refractivity contribution in [3.8, 4) is 0 Å². The summed E-state index contributed by atoms with van der Waals surface area (Å²) in [6, 6.07) is 6.16. The van der Waals surface area contributed by atoms with Gasteiger partial charge < -0.3 is 5.32 Å². The van der Waals surface area contributed by atoms with Crippen molar-refractivity contribution in [3.63, 3.8) is 0 Å². The molecule has 1 aliphatic heterocycles. The zero-order valence-electron chi connectivity index (χ0n) is 9.74. The van der Waals surface area contributed by atoms with E-state index in [9.17, 15) is 14.4 Å². The minimum absolute atomic E-state index is 0.214. The lowest BCUT2D eigenvalue weighted by molar-refractivity contribution is -0.120. The molecule has 1 aliphatic rings. The lowest BCUT2D eigenvalue weighted by Gasteiger charge is -2.14. The van der Waals surface area contributed by atoms with Crippen LogP contribution in [0.4, 0.5) is 11.4 Å². The van der Waals surface area contributed by atoms with E-state index < -0.39 is 11.8 Å². The van der Waals surface area contributed by atoms with Crippen LogP contribution in [-0.4, -0.2) is 17.7 Å². The van der Waals surface area contributed by atoms with E-state index in [1.807, 2.05) is 0 Å². The van der Waals surface area contributed by atoms with Crippen LogP contribution in [-0.2, 0) is 14.4 Å². The van der Waals surface area contributed by atoms with Crippen molar-refractivity contribution in [2.75, 3.05) is 10.2 Å². The second kappa shape index (κ2) is 5.03. The molecule has 0 aliphatic carbocycles. The molecule has 0 saturated carbocycles. The van der Waals surface area contributed by atoms with Crippen LogP contribution >= 0.6 is 23.2 Å². The molecule has 7 heteroatoms. The van der Waals surface area contributed by atoms with Gasteiger partial charge in [-0.2, -0.15) is 0 Å². The standard InChI is InChI=1S/C12H8Cl2N2O3/c1-6(17)15-7-2-4-8(5-3-7)16-11(18)9(13)10(14)12(16)19/h2-5H,1H3,(H,15,17). The number of nitrogens with one attached hydrogen (secondary N) is 1. The maximum Gasteiger partial charge on any atom is 0.278 e. The first-order chi connectivity index (χ1) is 8.91. The number of benzene rings is 1. The van der Waals surface area contributed by atoms with Gasteiger partial charge in [0.15, 0.2) is 0 Å². The summed E-state index contributed by atoms with van der Waals surface area (Å²) < 4.78 is 0. The molecule has 1 aromatic carbocycles. The molecule has 0 radical (unpaired) electrons. The van der Waals surface area contributed by atoms with Crippen molar-refractivity contribution in [1.29, 1.82) is 0 Å². The highest BCUT2D eigenvalue weighted by Gasteiger charge is 2.37. The van der Waals surface area contributed by atoms with Crippen LogP contribution in [0.3, 0.4) is 0 Å². The highest BCUT2D eigenvalue weighted by molar-refractivity contribution is 6.62. The van der Waals surface area contributed by atoms with Crippen LogP contribution in [0.25, 0.3) is 0 Å². The predicted octanol–water partition coefficient (Wildman–Crippen LogP) is 2.21. The summed E-state index contributed by atoms with van der Waals surface area (Å²) in [5.41, 5.74) is 0.887. The van der Waals surface area contributed by atoms with Crippen LogP contribution in [0.15, 0.2) is 34.3 Å². The summed E-state index contributed by atoms with van der Waals surface area (Å²) in [7, 11) is 0. The number of halogens is 2. The van der Waals surface area contributed by atoms with Gasteiger partial charge >= 0.3 is 0 Å². The monoisotopic (exact) mass is 298 g/mol. The van der Waals surface area contributed by atoms with E-state index in [0.717, 1.165) is 4.90 Å². The van der Waals surface area contributed by atoms with Crippen LogP contribution < -0.4 is 10.2 Å². The second-order valence-corrected chi connectivity index (χ2v) is 4.56. The lowest BCUT2D eigenvalue weighted by Crippen LogP contribution is -2.30. The number of hydrogen-bond donors (Lipinski definition) is 1. The normalized spacial score (nSPS) is 15.2. The van der Waals surface area contributed by atoms with E-state index in [-0.39, 0.29) is 16.0 Å². The summed E-state index contributed by atoms with van der Waals surface area (Å²) in [5, 5.41) is 1.98. The Labute approximate surface area is 118 Å². The fourth-order valence-corrected chi connectivity index (χ4v) is 1.94. The highest BCUT2D eigenvalue weighted by atomic mass is 35.5. The van der Waals surface area contributed by atoms with Crippen molar-refractivity contribution >= 4 is 52.3 Å². The van der Waals surface area contributed by atoms with Crippen LogP contribution in [0, 0.1) is 0 Å². The van der Waals surface area contributed by atoms with E-state index in [0.29, 0.717) is 11.4 Å². The maximum atomic E-state index is 11.8. The number of hydrogen-bond acceptors (Lipinski definition) is 3. The SMILES string of the molecule is CC(=O)Nc1ccc(N2C(=O)C(Cl)=C(Cl)C2=O)cc1. The largest absolute Gasteiger partial charge is 0.326 e. The van der Waals surface area contributed by atoms with E-state index in [2.05, 4.69) is 5.32 Å². The average molecular weight is 299 g/mol. The van der Waals surface area contributed by atoms with Crippen molar-refractivity contribution in [3.05, 3.63) is 34.3 Å². The molecule has 0 spiro atoms. The van der Waals surface area contributed by atoms with Gasteiger partial charge in [-0.1, -0.05) is 23.2 Å². The third kappa shape index (κ3) is 2.47. The molecule has 0 fully saturated rings. The number of rotatable bonds is 2. The van der Waals surface area contributed by atoms with Crippen molar-refractivity contribution in [1.82, 2.24) is 0 Å². The van der Waals surface area contributed by atoms with Gasteiger partial charge in [0.2, 0.25) is 5.91 Å². The topological polar surface area (TPSA) is 66.5 Å². The lowest BCUT2D eigenvalue weighted by atomic mass is 10.2. The molecule has 0 aromatic heterocycles. The second-order valence-electron chi connectivity index (χ2n) is 3.80. The van der Waals surface area contributed by atoms with Gasteiger partial charge in [-0.05, 0) is 24.3 Å². The Morgan fingerprint density at radius 3 is 1.95 bits per heavy atom. The van der Waals surface area contributed by atoms with Crippen LogP contribution in [0.1, 0.15) is 6.92 Å².